The number of nitrogens with zero attached hydrogens (tertiary/aromatic N) is 3. The molecule has 0 amide bonds. The first-order valence-corrected chi connectivity index (χ1v) is 8.59. The molecule has 0 saturated heterocycles. The van der Waals surface area contributed by atoms with Crippen molar-refractivity contribution >= 4 is 23.3 Å². The van der Waals surface area contributed by atoms with Crippen molar-refractivity contribution in [1.29, 1.82) is 0 Å². The number of carbonyl (C=O) groups is 1. The average Bonchev–Trinajstić information content (AvgIpc) is 2.99. The van der Waals surface area contributed by atoms with E-state index in [4.69, 9.17) is 21.1 Å². The number of nitro groups is 1. The largest absolute Gasteiger partial charge is 0.490 e. The van der Waals surface area contributed by atoms with Crippen LogP contribution in [0.5, 0.6) is 5.75 Å². The molecule has 1 heterocycles. The highest BCUT2D eigenvalue weighted by molar-refractivity contribution is 6.30. The number of aromatic nitrogens is 2. The number of hydrogen-bond acceptors (Lipinski definition) is 6. The van der Waals surface area contributed by atoms with Gasteiger partial charge >= 0.3 is 11.7 Å². The van der Waals surface area contributed by atoms with Crippen LogP contribution in [0.25, 0.3) is 5.69 Å². The lowest BCUT2D eigenvalue weighted by Crippen LogP contribution is -2.07. The molecule has 0 N–H and O–H groups in total. The van der Waals surface area contributed by atoms with Gasteiger partial charge in [0, 0.05) is 11.6 Å². The van der Waals surface area contributed by atoms with Crippen molar-refractivity contribution in [3.8, 4) is 11.4 Å². The number of para-hydroxylation sites is 1. The molecular formula is C19H16ClN3O5. The molecule has 0 aliphatic carbocycles. The van der Waals surface area contributed by atoms with Crippen LogP contribution in [-0.2, 0) is 11.3 Å². The summed E-state index contributed by atoms with van der Waals surface area (Å²) in [4.78, 5) is 22.8. The van der Waals surface area contributed by atoms with Gasteiger partial charge < -0.3 is 9.47 Å². The highest BCUT2D eigenvalue weighted by Crippen LogP contribution is 2.28. The van der Waals surface area contributed by atoms with E-state index in [1.807, 2.05) is 30.3 Å². The fraction of sp³-hybridized carbons (Fsp3) is 0.158. The predicted molar refractivity (Wildman–Crippen MR) is 102 cm³/mol. The van der Waals surface area contributed by atoms with E-state index in [0.29, 0.717) is 16.4 Å². The third kappa shape index (κ3) is 3.81. The van der Waals surface area contributed by atoms with Crippen molar-refractivity contribution in [2.24, 2.45) is 0 Å². The molecule has 2 aromatic carbocycles. The number of benzene rings is 2. The highest BCUT2D eigenvalue weighted by Gasteiger charge is 2.21. The van der Waals surface area contributed by atoms with Gasteiger partial charge in [0.15, 0.2) is 5.75 Å². The molecule has 0 aliphatic rings. The Bertz CT molecular complexity index is 1030. The smallest absolute Gasteiger partial charge is 0.338 e. The topological polar surface area (TPSA) is 96.5 Å². The van der Waals surface area contributed by atoms with Gasteiger partial charge in [-0.2, -0.15) is 5.10 Å². The van der Waals surface area contributed by atoms with E-state index < -0.39 is 10.9 Å². The molecule has 0 aliphatic heterocycles. The number of aryl methyl sites for hydroxylation is 1. The van der Waals surface area contributed by atoms with Gasteiger partial charge in [-0.1, -0.05) is 29.8 Å². The van der Waals surface area contributed by atoms with Crippen LogP contribution in [0.3, 0.4) is 0 Å². The van der Waals surface area contributed by atoms with E-state index >= 15 is 0 Å². The first-order valence-electron chi connectivity index (χ1n) is 8.21. The Morgan fingerprint density at radius 3 is 2.61 bits per heavy atom. The van der Waals surface area contributed by atoms with Crippen molar-refractivity contribution in [1.82, 2.24) is 9.78 Å². The van der Waals surface area contributed by atoms with Gasteiger partial charge in [-0.25, -0.2) is 9.48 Å². The Morgan fingerprint density at radius 2 is 1.96 bits per heavy atom. The summed E-state index contributed by atoms with van der Waals surface area (Å²) in [5.74, 6) is -0.654. The van der Waals surface area contributed by atoms with Gasteiger partial charge in [0.2, 0.25) is 0 Å². The number of hydrogen-bond donors (Lipinski definition) is 0. The zero-order valence-corrected chi connectivity index (χ0v) is 15.8. The molecule has 3 rings (SSSR count). The fourth-order valence-electron chi connectivity index (χ4n) is 2.62. The maximum absolute atomic E-state index is 12.3. The third-order valence-electron chi connectivity index (χ3n) is 4.08. The number of nitro benzene ring substituents is 1. The fourth-order valence-corrected chi connectivity index (χ4v) is 2.94. The molecule has 1 aromatic heterocycles. The van der Waals surface area contributed by atoms with Crippen LogP contribution in [0.2, 0.25) is 5.15 Å². The molecule has 144 valence electrons. The lowest BCUT2D eigenvalue weighted by Gasteiger charge is -2.07. The minimum atomic E-state index is -0.714. The van der Waals surface area contributed by atoms with Crippen molar-refractivity contribution in [2.75, 3.05) is 7.11 Å². The number of halogens is 1. The van der Waals surface area contributed by atoms with E-state index in [1.165, 1.54) is 19.2 Å². The van der Waals surface area contributed by atoms with Crippen LogP contribution in [0.1, 0.15) is 21.6 Å². The first-order chi connectivity index (χ1) is 13.4. The molecule has 0 atom stereocenters. The summed E-state index contributed by atoms with van der Waals surface area (Å²) in [5.41, 5.74) is 1.67. The minimum absolute atomic E-state index is 0.0386. The molecule has 28 heavy (non-hydrogen) atoms. The SMILES string of the molecule is COc1ccc(C(=O)OCc2c(C)nn(-c3ccccc3)c2Cl)cc1[N+](=O)[O-]. The molecule has 9 heteroatoms. The second kappa shape index (κ2) is 8.10. The second-order valence-corrected chi connectivity index (χ2v) is 6.18. The van der Waals surface area contributed by atoms with Crippen LogP contribution in [0, 0.1) is 17.0 Å². The molecule has 3 aromatic rings. The Kier molecular flexibility index (Phi) is 5.60. The zero-order valence-electron chi connectivity index (χ0n) is 15.1. The summed E-state index contributed by atoms with van der Waals surface area (Å²) in [6.07, 6.45) is 0. The van der Waals surface area contributed by atoms with Crippen molar-refractivity contribution in [3.05, 3.63) is 80.6 Å². The van der Waals surface area contributed by atoms with E-state index in [-0.39, 0.29) is 23.6 Å². The monoisotopic (exact) mass is 401 g/mol. The normalized spacial score (nSPS) is 10.5. The standard InChI is InChI=1S/C19H16ClN3O5/c1-12-15(18(20)22(21-12)14-6-4-3-5-7-14)11-28-19(24)13-8-9-17(27-2)16(10-13)23(25)26/h3-10H,11H2,1-2H3. The number of rotatable bonds is 6. The number of carbonyl (C=O) groups excluding carboxylic acids is 1. The second-order valence-electron chi connectivity index (χ2n) is 5.82. The molecule has 0 spiro atoms. The summed E-state index contributed by atoms with van der Waals surface area (Å²) in [6.45, 7) is 1.64. The third-order valence-corrected chi connectivity index (χ3v) is 4.47. The van der Waals surface area contributed by atoms with Gasteiger partial charge in [0.25, 0.3) is 0 Å². The Hall–Kier alpha value is -3.39. The quantitative estimate of drug-likeness (QED) is 0.350. The minimum Gasteiger partial charge on any atom is -0.490 e. The summed E-state index contributed by atoms with van der Waals surface area (Å²) in [6, 6.07) is 13.2. The van der Waals surface area contributed by atoms with Gasteiger partial charge in [-0.3, -0.25) is 10.1 Å². The first kappa shape index (κ1) is 19.4. The Balaban J connectivity index is 1.80. The summed E-state index contributed by atoms with van der Waals surface area (Å²) in [7, 11) is 1.31. The summed E-state index contributed by atoms with van der Waals surface area (Å²) in [5, 5.41) is 15.8. The zero-order chi connectivity index (χ0) is 20.3. The molecule has 0 unspecified atom stereocenters. The molecule has 0 fully saturated rings. The predicted octanol–water partition coefficient (Wildman–Crippen LogP) is 4.11. The molecule has 8 nitrogen and oxygen atoms in total. The van der Waals surface area contributed by atoms with E-state index in [0.717, 1.165) is 11.8 Å². The van der Waals surface area contributed by atoms with Crippen molar-refractivity contribution in [2.45, 2.75) is 13.5 Å². The van der Waals surface area contributed by atoms with Crippen molar-refractivity contribution < 1.29 is 19.2 Å². The molecule has 0 saturated carbocycles. The van der Waals surface area contributed by atoms with Crippen LogP contribution in [0.4, 0.5) is 5.69 Å². The van der Waals surface area contributed by atoms with Crippen LogP contribution in [-0.4, -0.2) is 27.8 Å². The van der Waals surface area contributed by atoms with Crippen molar-refractivity contribution in [3.63, 3.8) is 0 Å². The number of methoxy groups -OCH3 is 1. The van der Waals surface area contributed by atoms with Gasteiger partial charge in [0.05, 0.1) is 29.0 Å². The van der Waals surface area contributed by atoms with Gasteiger partial charge in [-0.15, -0.1) is 0 Å². The number of esters is 1. The molecule has 0 bridgehead atoms. The molecule has 0 radical (unpaired) electrons. The average molecular weight is 402 g/mol. The molecular weight excluding hydrogens is 386 g/mol. The lowest BCUT2D eigenvalue weighted by molar-refractivity contribution is -0.385. The summed E-state index contributed by atoms with van der Waals surface area (Å²) < 4.78 is 11.8. The van der Waals surface area contributed by atoms with Gasteiger partial charge in [-0.05, 0) is 31.2 Å². The highest BCUT2D eigenvalue weighted by atomic mass is 35.5. The van der Waals surface area contributed by atoms with Crippen LogP contribution < -0.4 is 4.74 Å². The van der Waals surface area contributed by atoms with Gasteiger partial charge in [0.1, 0.15) is 11.8 Å². The maximum Gasteiger partial charge on any atom is 0.338 e. The van der Waals surface area contributed by atoms with Crippen LogP contribution in [0.15, 0.2) is 48.5 Å². The Labute approximate surface area is 165 Å². The van der Waals surface area contributed by atoms with E-state index in [2.05, 4.69) is 5.10 Å². The van der Waals surface area contributed by atoms with Crippen LogP contribution >= 0.6 is 11.6 Å². The lowest BCUT2D eigenvalue weighted by atomic mass is 10.2. The maximum atomic E-state index is 12.3. The number of ether oxygens (including phenoxy) is 2. The van der Waals surface area contributed by atoms with E-state index in [9.17, 15) is 14.9 Å². The Morgan fingerprint density at radius 1 is 1.25 bits per heavy atom. The summed E-state index contributed by atoms with van der Waals surface area (Å²) >= 11 is 6.40. The van der Waals surface area contributed by atoms with E-state index in [1.54, 1.807) is 11.6 Å².